The SMILES string of the molecule is O=C(N/N=C\c1ccc(Cl)c([N+](=O)[O-])c1)c1ccc(COc2ccccc2)o1. The van der Waals surface area contributed by atoms with Crippen LogP contribution in [0.5, 0.6) is 5.75 Å². The summed E-state index contributed by atoms with van der Waals surface area (Å²) in [5.41, 5.74) is 2.46. The lowest BCUT2D eigenvalue weighted by molar-refractivity contribution is -0.384. The van der Waals surface area contributed by atoms with Crippen LogP contribution in [0.1, 0.15) is 21.9 Å². The molecule has 8 nitrogen and oxygen atoms in total. The second-order valence-corrected chi connectivity index (χ2v) is 5.94. The lowest BCUT2D eigenvalue weighted by Gasteiger charge is -2.03. The van der Waals surface area contributed by atoms with Crippen molar-refractivity contribution in [3.05, 3.63) is 92.9 Å². The first-order valence-electron chi connectivity index (χ1n) is 8.07. The van der Waals surface area contributed by atoms with E-state index in [0.717, 1.165) is 0 Å². The van der Waals surface area contributed by atoms with Crippen molar-refractivity contribution < 1.29 is 18.9 Å². The number of para-hydroxylation sites is 1. The number of hydrogen-bond donors (Lipinski definition) is 1. The number of halogens is 1. The number of nitrogens with zero attached hydrogens (tertiary/aromatic N) is 2. The fourth-order valence-corrected chi connectivity index (χ4v) is 2.41. The summed E-state index contributed by atoms with van der Waals surface area (Å²) in [7, 11) is 0. The second-order valence-electron chi connectivity index (χ2n) is 5.53. The van der Waals surface area contributed by atoms with Gasteiger partial charge < -0.3 is 9.15 Å². The number of ether oxygens (including phenoxy) is 1. The first-order valence-corrected chi connectivity index (χ1v) is 8.44. The number of amides is 1. The predicted octanol–water partition coefficient (Wildman–Crippen LogP) is 4.18. The van der Waals surface area contributed by atoms with Crippen LogP contribution in [0.15, 0.2) is 70.2 Å². The molecule has 1 amide bonds. The Morgan fingerprint density at radius 1 is 1.21 bits per heavy atom. The topological polar surface area (TPSA) is 107 Å². The summed E-state index contributed by atoms with van der Waals surface area (Å²) in [6.07, 6.45) is 1.27. The van der Waals surface area contributed by atoms with Crippen molar-refractivity contribution in [2.75, 3.05) is 0 Å². The summed E-state index contributed by atoms with van der Waals surface area (Å²) >= 11 is 5.74. The van der Waals surface area contributed by atoms with Gasteiger partial charge in [-0.05, 0) is 30.3 Å². The molecule has 142 valence electrons. The molecule has 0 unspecified atom stereocenters. The quantitative estimate of drug-likeness (QED) is 0.364. The summed E-state index contributed by atoms with van der Waals surface area (Å²) in [6.45, 7) is 0.176. The van der Waals surface area contributed by atoms with Gasteiger partial charge in [0.2, 0.25) is 0 Å². The molecule has 9 heteroatoms. The van der Waals surface area contributed by atoms with Crippen LogP contribution in [-0.4, -0.2) is 17.0 Å². The number of hydrogen-bond acceptors (Lipinski definition) is 6. The number of nitrogens with one attached hydrogen (secondary N) is 1. The largest absolute Gasteiger partial charge is 0.486 e. The molecule has 0 saturated heterocycles. The smallest absolute Gasteiger partial charge is 0.307 e. The Balaban J connectivity index is 1.56. The lowest BCUT2D eigenvalue weighted by atomic mass is 10.2. The molecular formula is C19H14ClN3O5. The monoisotopic (exact) mass is 399 g/mol. The second kappa shape index (κ2) is 8.83. The van der Waals surface area contributed by atoms with Gasteiger partial charge in [-0.2, -0.15) is 5.10 Å². The van der Waals surface area contributed by atoms with E-state index >= 15 is 0 Å². The van der Waals surface area contributed by atoms with Crippen LogP contribution < -0.4 is 10.2 Å². The van der Waals surface area contributed by atoms with E-state index in [1.807, 2.05) is 30.3 Å². The van der Waals surface area contributed by atoms with Gasteiger partial charge in [0.05, 0.1) is 11.1 Å². The number of carbonyl (C=O) groups is 1. The van der Waals surface area contributed by atoms with Crippen molar-refractivity contribution in [1.82, 2.24) is 5.43 Å². The number of nitro benzene ring substituents is 1. The maximum absolute atomic E-state index is 12.1. The summed E-state index contributed by atoms with van der Waals surface area (Å²) < 4.78 is 11.0. The van der Waals surface area contributed by atoms with Crippen LogP contribution in [0.25, 0.3) is 0 Å². The number of hydrazone groups is 1. The number of furan rings is 1. The van der Waals surface area contributed by atoms with Crippen molar-refractivity contribution in [1.29, 1.82) is 0 Å². The van der Waals surface area contributed by atoms with Gasteiger partial charge >= 0.3 is 5.91 Å². The van der Waals surface area contributed by atoms with Gasteiger partial charge in [-0.3, -0.25) is 14.9 Å². The van der Waals surface area contributed by atoms with Crippen LogP contribution >= 0.6 is 11.6 Å². The maximum atomic E-state index is 12.1. The van der Waals surface area contributed by atoms with E-state index in [-0.39, 0.29) is 23.1 Å². The molecule has 0 aliphatic rings. The Labute approximate surface area is 164 Å². The minimum absolute atomic E-state index is 0.0204. The van der Waals surface area contributed by atoms with E-state index in [4.69, 9.17) is 20.8 Å². The molecule has 3 aromatic rings. The standard InChI is InChI=1S/C19H14ClN3O5/c20-16-8-6-13(10-17(16)23(25)26)11-21-22-19(24)18-9-7-15(28-18)12-27-14-4-2-1-3-5-14/h1-11H,12H2,(H,22,24)/b21-11-. The molecule has 28 heavy (non-hydrogen) atoms. The molecule has 2 aromatic carbocycles. The van der Waals surface area contributed by atoms with Crippen LogP contribution in [0.2, 0.25) is 5.02 Å². The van der Waals surface area contributed by atoms with Gasteiger partial charge in [0.25, 0.3) is 5.69 Å². The van der Waals surface area contributed by atoms with Gasteiger partial charge in [-0.1, -0.05) is 35.9 Å². The molecule has 0 saturated carbocycles. The normalized spacial score (nSPS) is 10.8. The van der Waals surface area contributed by atoms with Gasteiger partial charge in [0.1, 0.15) is 23.1 Å². The average Bonchev–Trinajstić information content (AvgIpc) is 3.17. The van der Waals surface area contributed by atoms with E-state index in [1.165, 1.54) is 30.5 Å². The van der Waals surface area contributed by atoms with Crippen molar-refractivity contribution in [3.63, 3.8) is 0 Å². The maximum Gasteiger partial charge on any atom is 0.307 e. The van der Waals surface area contributed by atoms with E-state index < -0.39 is 10.8 Å². The number of benzene rings is 2. The highest BCUT2D eigenvalue weighted by atomic mass is 35.5. The van der Waals surface area contributed by atoms with Crippen LogP contribution in [0.3, 0.4) is 0 Å². The summed E-state index contributed by atoms with van der Waals surface area (Å²) in [6, 6.07) is 16.5. The van der Waals surface area contributed by atoms with Crippen LogP contribution in [-0.2, 0) is 6.61 Å². The van der Waals surface area contributed by atoms with Crippen molar-refractivity contribution in [3.8, 4) is 5.75 Å². The molecule has 0 aliphatic carbocycles. The molecule has 1 heterocycles. The zero-order valence-electron chi connectivity index (χ0n) is 14.4. The Kier molecular flexibility index (Phi) is 6.03. The molecule has 0 radical (unpaired) electrons. The van der Waals surface area contributed by atoms with Crippen molar-refractivity contribution in [2.45, 2.75) is 6.61 Å². The van der Waals surface area contributed by atoms with Gasteiger partial charge in [-0.25, -0.2) is 5.43 Å². The Morgan fingerprint density at radius 3 is 2.75 bits per heavy atom. The highest BCUT2D eigenvalue weighted by molar-refractivity contribution is 6.32. The Hall–Kier alpha value is -3.65. The molecule has 1 aromatic heterocycles. The minimum Gasteiger partial charge on any atom is -0.486 e. The minimum atomic E-state index is -0.597. The zero-order chi connectivity index (χ0) is 19.9. The van der Waals surface area contributed by atoms with Crippen LogP contribution in [0.4, 0.5) is 5.69 Å². The Morgan fingerprint density at radius 2 is 2.00 bits per heavy atom. The lowest BCUT2D eigenvalue weighted by Crippen LogP contribution is -2.16. The molecule has 3 rings (SSSR count). The molecule has 0 bridgehead atoms. The molecule has 0 fully saturated rings. The summed E-state index contributed by atoms with van der Waals surface area (Å²) in [5, 5.41) is 14.7. The third-order valence-electron chi connectivity index (χ3n) is 3.56. The summed E-state index contributed by atoms with van der Waals surface area (Å²) in [4.78, 5) is 22.3. The number of rotatable bonds is 7. The third kappa shape index (κ3) is 4.95. The fourth-order valence-electron chi connectivity index (χ4n) is 2.22. The first kappa shape index (κ1) is 19.1. The number of carbonyl (C=O) groups excluding carboxylic acids is 1. The van der Waals surface area contributed by atoms with Crippen LogP contribution in [0, 0.1) is 10.1 Å². The van der Waals surface area contributed by atoms with Crippen molar-refractivity contribution in [2.24, 2.45) is 5.10 Å². The molecule has 0 aliphatic heterocycles. The van der Waals surface area contributed by atoms with E-state index in [0.29, 0.717) is 17.1 Å². The predicted molar refractivity (Wildman–Crippen MR) is 103 cm³/mol. The van der Waals surface area contributed by atoms with E-state index in [9.17, 15) is 14.9 Å². The first-order chi connectivity index (χ1) is 13.5. The highest BCUT2D eigenvalue weighted by Crippen LogP contribution is 2.24. The zero-order valence-corrected chi connectivity index (χ0v) is 15.1. The van der Waals surface area contributed by atoms with Gasteiger partial charge in [0.15, 0.2) is 5.76 Å². The van der Waals surface area contributed by atoms with E-state index in [1.54, 1.807) is 6.07 Å². The van der Waals surface area contributed by atoms with E-state index in [2.05, 4.69) is 10.5 Å². The molecule has 1 N–H and O–H groups in total. The summed E-state index contributed by atoms with van der Waals surface area (Å²) in [5.74, 6) is 0.662. The number of nitro groups is 1. The molecular weight excluding hydrogens is 386 g/mol. The molecule has 0 atom stereocenters. The van der Waals surface area contributed by atoms with Gasteiger partial charge in [-0.15, -0.1) is 0 Å². The Bertz CT molecular complexity index is 1020. The fraction of sp³-hybridized carbons (Fsp3) is 0.0526. The third-order valence-corrected chi connectivity index (χ3v) is 3.88. The van der Waals surface area contributed by atoms with Crippen molar-refractivity contribution >= 4 is 29.4 Å². The highest BCUT2D eigenvalue weighted by Gasteiger charge is 2.13. The molecule has 0 spiro atoms. The average molecular weight is 400 g/mol. The van der Waals surface area contributed by atoms with Gasteiger partial charge in [0, 0.05) is 11.6 Å².